The molecule has 0 radical (unpaired) electrons. The normalized spacial score (nSPS) is 14.6. The fraction of sp³-hybridized carbons (Fsp3) is 0.345. The maximum Gasteiger partial charge on any atom is 0.193 e. The van der Waals surface area contributed by atoms with Gasteiger partial charge in [-0.05, 0) is 178 Å². The van der Waals surface area contributed by atoms with Crippen LogP contribution in [0.25, 0.3) is 21.5 Å². The molecule has 0 amide bonds. The number of allylic oxidation sites excluding steroid dienone is 14. The van der Waals surface area contributed by atoms with E-state index in [0.717, 1.165) is 39.0 Å². The van der Waals surface area contributed by atoms with Crippen molar-refractivity contribution in [3.05, 3.63) is 151 Å². The lowest BCUT2D eigenvalue weighted by Gasteiger charge is -2.37. The van der Waals surface area contributed by atoms with E-state index in [9.17, 15) is 40.2 Å². The van der Waals surface area contributed by atoms with Crippen molar-refractivity contribution >= 4 is 33.1 Å². The predicted molar refractivity (Wildman–Crippen MR) is 257 cm³/mol. The summed E-state index contributed by atoms with van der Waals surface area (Å²) in [6, 6.07) is 8.80. The van der Waals surface area contributed by atoms with Gasteiger partial charge in [-0.25, -0.2) is 0 Å². The molecule has 0 atom stereocenters. The number of aliphatic hydroxyl groups is 2. The predicted octanol–water partition coefficient (Wildman–Crippen LogP) is 13.8. The van der Waals surface area contributed by atoms with Crippen LogP contribution in [0.4, 0.5) is 0 Å². The van der Waals surface area contributed by atoms with E-state index in [2.05, 4.69) is 18.2 Å². The van der Waals surface area contributed by atoms with Gasteiger partial charge in [0.05, 0.1) is 32.7 Å². The molecule has 4 aromatic carbocycles. The third-order valence-electron chi connectivity index (χ3n) is 12.2. The molecule has 332 valence electrons. The monoisotopic (exact) mass is 852 g/mol. The molecule has 0 bridgehead atoms. The van der Waals surface area contributed by atoms with Gasteiger partial charge in [-0.2, -0.15) is 0 Å². The van der Waals surface area contributed by atoms with Crippen molar-refractivity contribution in [3.63, 3.8) is 0 Å². The van der Waals surface area contributed by atoms with E-state index < -0.39 is 22.4 Å². The van der Waals surface area contributed by atoms with Crippen LogP contribution in [-0.4, -0.2) is 42.2 Å². The Morgan fingerprint density at radius 3 is 1.33 bits per heavy atom. The molecule has 0 spiro atoms. The lowest BCUT2D eigenvalue weighted by Crippen LogP contribution is -2.34. The summed E-state index contributed by atoms with van der Waals surface area (Å²) in [6.07, 6.45) is 15.3. The summed E-state index contributed by atoms with van der Waals surface area (Å²) >= 11 is 0. The lowest BCUT2D eigenvalue weighted by atomic mass is 9.66. The molecule has 0 saturated heterocycles. The van der Waals surface area contributed by atoms with E-state index in [4.69, 9.17) is 0 Å². The van der Waals surface area contributed by atoms with Gasteiger partial charge in [-0.1, -0.05) is 64.3 Å². The van der Waals surface area contributed by atoms with Crippen LogP contribution in [-0.2, 0) is 17.3 Å². The summed E-state index contributed by atoms with van der Waals surface area (Å²) < 4.78 is 0. The topological polar surface area (TPSA) is 156 Å². The highest BCUT2D eigenvalue weighted by Gasteiger charge is 2.45. The Morgan fingerprint density at radius 2 is 0.905 bits per heavy atom. The summed E-state index contributed by atoms with van der Waals surface area (Å²) in [5, 5.41) is 67.6. The van der Waals surface area contributed by atoms with Crippen LogP contribution in [0.15, 0.2) is 112 Å². The summed E-state index contributed by atoms with van der Waals surface area (Å²) in [5.74, 6) is -1.49. The number of aliphatic hydroxyl groups excluding tert-OH is 2. The second-order valence-corrected chi connectivity index (χ2v) is 18.7. The zero-order chi connectivity index (χ0) is 46.9. The van der Waals surface area contributed by atoms with Crippen molar-refractivity contribution in [2.45, 2.75) is 126 Å². The minimum Gasteiger partial charge on any atom is -0.511 e. The maximum absolute atomic E-state index is 13.1. The minimum atomic E-state index is -0.892. The molecule has 0 aromatic heterocycles. The van der Waals surface area contributed by atoms with Crippen LogP contribution in [0.5, 0.6) is 23.0 Å². The van der Waals surface area contributed by atoms with Crippen LogP contribution < -0.4 is 0 Å². The Hall–Kier alpha value is -6.28. The van der Waals surface area contributed by atoms with Crippen molar-refractivity contribution < 1.29 is 40.2 Å². The molecule has 0 saturated carbocycles. The number of fused-ring (bicyclic) bond motifs is 4. The molecule has 63 heavy (non-hydrogen) atoms. The van der Waals surface area contributed by atoms with E-state index in [0.29, 0.717) is 54.0 Å². The van der Waals surface area contributed by atoms with Gasteiger partial charge in [0.2, 0.25) is 0 Å². The first-order valence-electron chi connectivity index (χ1n) is 21.5. The molecule has 2 aliphatic rings. The highest BCUT2D eigenvalue weighted by atomic mass is 16.3. The first kappa shape index (κ1) is 47.8. The molecule has 0 unspecified atom stereocenters. The minimum absolute atomic E-state index is 0.000579. The number of aromatic hydroxyl groups is 4. The lowest BCUT2D eigenvalue weighted by molar-refractivity contribution is 0.101. The van der Waals surface area contributed by atoms with Gasteiger partial charge < -0.3 is 30.6 Å². The summed E-state index contributed by atoms with van der Waals surface area (Å²) in [5.41, 5.74) is 8.05. The number of ketones is 2. The third kappa shape index (κ3) is 9.41. The second kappa shape index (κ2) is 18.6. The smallest absolute Gasteiger partial charge is 0.193 e. The van der Waals surface area contributed by atoms with E-state index in [1.54, 1.807) is 12.1 Å². The molecule has 4 aromatic rings. The SMILES string of the molecule is CC(C)=CCC1(CC=C(C)C)C(O)=CC(=O)c2c1cc1cc(C)cc(O)c1c2O.CC(C)=CCc1c(C)cc(O)c2c(O)c3c(cc12)C(CC=C(C)C)(CC=C(C)C)C(O)=CC3=O. The number of aryl methyl sites for hydroxylation is 2. The van der Waals surface area contributed by atoms with Gasteiger partial charge in [0, 0.05) is 12.2 Å². The number of carbonyl (C=O) groups is 2. The van der Waals surface area contributed by atoms with Crippen molar-refractivity contribution in [1.29, 1.82) is 0 Å². The van der Waals surface area contributed by atoms with E-state index >= 15 is 0 Å². The maximum atomic E-state index is 13.1. The zero-order valence-corrected chi connectivity index (χ0v) is 39.0. The number of phenolic OH excluding ortho intramolecular Hbond substituents is 4. The average Bonchev–Trinajstić information content (AvgIpc) is 3.16. The Bertz CT molecular complexity index is 2700. The standard InChI is InChI=1S/C30H36O4.C25H28O4/c1-17(2)8-9-21-20(7)14-24(31)27-22(21)15-23-28(29(27)34)25(32)16-26(33)30(23,12-10-18(3)4)13-11-19(5)6;1-14(2)6-8-25(9-7-15(3)4)18-12-17-10-16(5)11-19(26)22(17)24(29)23(18)20(27)13-21(25)28/h8,10-11,14-16,31,33-34H,9,12-13H2,1-7H3;6-7,10-13,26,28-29H,8-9H2,1-5H3. The number of hydrogen-bond donors (Lipinski definition) is 6. The number of benzene rings is 4. The molecule has 6 N–H and O–H groups in total. The largest absolute Gasteiger partial charge is 0.511 e. The van der Waals surface area contributed by atoms with Crippen molar-refractivity contribution in [2.75, 3.05) is 0 Å². The number of carbonyl (C=O) groups excluding carboxylic acids is 2. The first-order valence-corrected chi connectivity index (χ1v) is 21.5. The van der Waals surface area contributed by atoms with Gasteiger partial charge in [0.15, 0.2) is 11.6 Å². The van der Waals surface area contributed by atoms with Crippen LogP contribution in [0.1, 0.15) is 143 Å². The van der Waals surface area contributed by atoms with Gasteiger partial charge in [-0.15, -0.1) is 0 Å². The van der Waals surface area contributed by atoms with E-state index in [1.807, 2.05) is 113 Å². The molecule has 8 nitrogen and oxygen atoms in total. The van der Waals surface area contributed by atoms with Crippen molar-refractivity contribution in [1.82, 2.24) is 0 Å². The highest BCUT2D eigenvalue weighted by molar-refractivity contribution is 6.15. The molecule has 6 rings (SSSR count). The number of hydrogen-bond acceptors (Lipinski definition) is 8. The summed E-state index contributed by atoms with van der Waals surface area (Å²) in [4.78, 5) is 25.9. The summed E-state index contributed by atoms with van der Waals surface area (Å²) in [7, 11) is 0. The van der Waals surface area contributed by atoms with E-state index in [-0.39, 0.29) is 56.4 Å². The fourth-order valence-electron chi connectivity index (χ4n) is 8.70. The second-order valence-electron chi connectivity index (χ2n) is 18.7. The molecule has 2 aliphatic carbocycles. The highest BCUT2D eigenvalue weighted by Crippen LogP contribution is 2.52. The Kier molecular flexibility index (Phi) is 14.1. The van der Waals surface area contributed by atoms with Crippen LogP contribution >= 0.6 is 0 Å². The Morgan fingerprint density at radius 1 is 0.508 bits per heavy atom. The average molecular weight is 853 g/mol. The van der Waals surface area contributed by atoms with E-state index in [1.165, 1.54) is 17.7 Å². The van der Waals surface area contributed by atoms with Crippen LogP contribution in [0, 0.1) is 13.8 Å². The number of rotatable bonds is 10. The third-order valence-corrected chi connectivity index (χ3v) is 12.2. The molecule has 0 aliphatic heterocycles. The van der Waals surface area contributed by atoms with Gasteiger partial charge in [0.1, 0.15) is 34.5 Å². The van der Waals surface area contributed by atoms with Crippen molar-refractivity contribution in [3.8, 4) is 23.0 Å². The van der Waals surface area contributed by atoms with Gasteiger partial charge in [-0.3, -0.25) is 9.59 Å². The van der Waals surface area contributed by atoms with Crippen LogP contribution in [0.3, 0.4) is 0 Å². The quantitative estimate of drug-likeness (QED) is 0.0862. The first-order chi connectivity index (χ1) is 29.4. The Balaban J connectivity index is 0.000000240. The number of phenols is 4. The van der Waals surface area contributed by atoms with Gasteiger partial charge >= 0.3 is 0 Å². The molecular formula is C55H64O8. The summed E-state index contributed by atoms with van der Waals surface area (Å²) in [6.45, 7) is 23.8. The van der Waals surface area contributed by atoms with Gasteiger partial charge in [0.25, 0.3) is 0 Å². The van der Waals surface area contributed by atoms with Crippen molar-refractivity contribution in [2.24, 2.45) is 0 Å². The van der Waals surface area contributed by atoms with Crippen LogP contribution in [0.2, 0.25) is 0 Å². The Labute approximate surface area is 372 Å². The molecule has 0 fully saturated rings. The molecule has 0 heterocycles. The zero-order valence-electron chi connectivity index (χ0n) is 39.0. The molecular weight excluding hydrogens is 789 g/mol. The molecule has 8 heteroatoms. The fourth-order valence-corrected chi connectivity index (χ4v) is 8.70.